The van der Waals surface area contributed by atoms with Gasteiger partial charge in [-0.1, -0.05) is 18.2 Å². The molecule has 2 unspecified atom stereocenters. The second-order valence-electron chi connectivity index (χ2n) is 4.78. The summed E-state index contributed by atoms with van der Waals surface area (Å²) in [5.74, 6) is -0.115. The molecule has 5 heteroatoms. The first-order valence-corrected chi connectivity index (χ1v) is 5.99. The lowest BCUT2D eigenvalue weighted by atomic mass is 9.91. The Morgan fingerprint density at radius 3 is 2.67 bits per heavy atom. The highest BCUT2D eigenvalue weighted by Gasteiger charge is 2.38. The monoisotopic (exact) mass is 248 g/mol. The van der Waals surface area contributed by atoms with E-state index in [-0.39, 0.29) is 17.3 Å². The van der Waals surface area contributed by atoms with E-state index in [4.69, 9.17) is 0 Å². The summed E-state index contributed by atoms with van der Waals surface area (Å²) >= 11 is 0. The van der Waals surface area contributed by atoms with Gasteiger partial charge >= 0.3 is 0 Å². The van der Waals surface area contributed by atoms with Crippen molar-refractivity contribution in [1.29, 1.82) is 0 Å². The molecule has 1 N–H and O–H groups in total. The normalized spacial score (nSPS) is 23.6. The molecule has 0 aliphatic carbocycles. The Bertz CT molecular complexity index is 499. The lowest BCUT2D eigenvalue weighted by Crippen LogP contribution is -2.45. The quantitative estimate of drug-likeness (QED) is 0.641. The average molecular weight is 248 g/mol. The summed E-state index contributed by atoms with van der Waals surface area (Å²) in [5, 5.41) is 13.8. The molecule has 1 heterocycles. The predicted octanol–water partition coefficient (Wildman–Crippen LogP) is 1.90. The summed E-state index contributed by atoms with van der Waals surface area (Å²) in [6.45, 7) is 3.95. The van der Waals surface area contributed by atoms with E-state index in [1.165, 1.54) is 0 Å². The van der Waals surface area contributed by atoms with E-state index in [0.717, 1.165) is 16.7 Å². The van der Waals surface area contributed by atoms with Crippen LogP contribution in [0.25, 0.3) is 0 Å². The van der Waals surface area contributed by atoms with Gasteiger partial charge in [-0.05, 0) is 30.5 Å². The van der Waals surface area contributed by atoms with Gasteiger partial charge in [-0.15, -0.1) is 0 Å². The van der Waals surface area contributed by atoms with Crippen LogP contribution in [0.2, 0.25) is 0 Å². The van der Waals surface area contributed by atoms with E-state index in [0.29, 0.717) is 6.42 Å². The Morgan fingerprint density at radius 1 is 1.33 bits per heavy atom. The van der Waals surface area contributed by atoms with Crippen molar-refractivity contribution in [2.75, 3.05) is 0 Å². The van der Waals surface area contributed by atoms with E-state index in [1.54, 1.807) is 0 Å². The van der Waals surface area contributed by atoms with Crippen LogP contribution < -0.4 is 5.32 Å². The molecule has 18 heavy (non-hydrogen) atoms. The molecule has 0 bridgehead atoms. The first-order chi connectivity index (χ1) is 8.49. The Morgan fingerprint density at radius 2 is 2.06 bits per heavy atom. The van der Waals surface area contributed by atoms with Crippen molar-refractivity contribution < 1.29 is 9.72 Å². The van der Waals surface area contributed by atoms with Crippen molar-refractivity contribution >= 4 is 5.91 Å². The fraction of sp³-hybridized carbons (Fsp3) is 0.462. The lowest BCUT2D eigenvalue weighted by Gasteiger charge is -2.27. The Labute approximate surface area is 105 Å². The molecular formula is C13H16N2O3. The maximum atomic E-state index is 11.4. The second-order valence-corrected chi connectivity index (χ2v) is 4.78. The van der Waals surface area contributed by atoms with Crippen molar-refractivity contribution in [1.82, 2.24) is 5.32 Å². The SMILES string of the molecule is Cc1ccc(C2NC(=O)CCC2[N+](=O)[O-])cc1C. The molecule has 1 saturated heterocycles. The smallest absolute Gasteiger partial charge is 0.237 e. The fourth-order valence-electron chi connectivity index (χ4n) is 2.28. The van der Waals surface area contributed by atoms with E-state index in [2.05, 4.69) is 5.32 Å². The molecule has 1 aliphatic heterocycles. The third-order valence-electron chi connectivity index (χ3n) is 3.53. The molecule has 0 aromatic heterocycles. The summed E-state index contributed by atoms with van der Waals surface area (Å²) < 4.78 is 0. The second kappa shape index (κ2) is 4.76. The summed E-state index contributed by atoms with van der Waals surface area (Å²) in [7, 11) is 0. The van der Waals surface area contributed by atoms with Gasteiger partial charge < -0.3 is 5.32 Å². The fourth-order valence-corrected chi connectivity index (χ4v) is 2.28. The average Bonchev–Trinajstić information content (AvgIpc) is 2.32. The highest BCUT2D eigenvalue weighted by atomic mass is 16.6. The minimum absolute atomic E-state index is 0.115. The molecule has 1 aliphatic rings. The molecule has 0 saturated carbocycles. The lowest BCUT2D eigenvalue weighted by molar-refractivity contribution is -0.529. The number of piperidine rings is 1. The number of carbonyl (C=O) groups is 1. The van der Waals surface area contributed by atoms with E-state index >= 15 is 0 Å². The summed E-state index contributed by atoms with van der Waals surface area (Å²) in [4.78, 5) is 22.2. The van der Waals surface area contributed by atoms with Crippen LogP contribution in [0.5, 0.6) is 0 Å². The molecule has 2 rings (SSSR count). The van der Waals surface area contributed by atoms with E-state index in [9.17, 15) is 14.9 Å². The van der Waals surface area contributed by atoms with Crippen molar-refractivity contribution in [2.24, 2.45) is 0 Å². The minimum atomic E-state index is -0.732. The van der Waals surface area contributed by atoms with Gasteiger partial charge in [-0.3, -0.25) is 14.9 Å². The van der Waals surface area contributed by atoms with Crippen molar-refractivity contribution in [3.8, 4) is 0 Å². The first-order valence-electron chi connectivity index (χ1n) is 5.99. The first kappa shape index (κ1) is 12.5. The summed E-state index contributed by atoms with van der Waals surface area (Å²) in [5.41, 5.74) is 3.03. The number of nitrogens with zero attached hydrogens (tertiary/aromatic N) is 1. The number of amides is 1. The molecule has 2 atom stereocenters. The maximum Gasteiger partial charge on any atom is 0.237 e. The van der Waals surface area contributed by atoms with Gasteiger partial charge in [0.1, 0.15) is 6.04 Å². The highest BCUT2D eigenvalue weighted by Crippen LogP contribution is 2.27. The number of nitrogens with one attached hydrogen (secondary N) is 1. The van der Waals surface area contributed by atoms with Gasteiger partial charge in [0, 0.05) is 17.8 Å². The molecular weight excluding hydrogens is 232 g/mol. The zero-order valence-electron chi connectivity index (χ0n) is 10.5. The number of hydrogen-bond acceptors (Lipinski definition) is 3. The Hall–Kier alpha value is -1.91. The van der Waals surface area contributed by atoms with Gasteiger partial charge in [0.25, 0.3) is 0 Å². The molecule has 5 nitrogen and oxygen atoms in total. The van der Waals surface area contributed by atoms with Gasteiger partial charge in [-0.2, -0.15) is 0 Å². The van der Waals surface area contributed by atoms with Crippen LogP contribution in [0.15, 0.2) is 18.2 Å². The van der Waals surface area contributed by atoms with Crippen molar-refractivity contribution in [2.45, 2.75) is 38.8 Å². The van der Waals surface area contributed by atoms with Crippen LogP contribution in [0, 0.1) is 24.0 Å². The van der Waals surface area contributed by atoms with Gasteiger partial charge in [-0.25, -0.2) is 0 Å². The van der Waals surface area contributed by atoms with E-state index < -0.39 is 12.1 Å². The summed E-state index contributed by atoms with van der Waals surface area (Å²) in [6.07, 6.45) is 0.531. The van der Waals surface area contributed by atoms with Crippen LogP contribution in [-0.2, 0) is 4.79 Å². The topological polar surface area (TPSA) is 72.2 Å². The standard InChI is InChI=1S/C13H16N2O3/c1-8-3-4-10(7-9(8)2)13-11(15(17)18)5-6-12(16)14-13/h3-4,7,11,13H,5-6H2,1-2H3,(H,14,16). The predicted molar refractivity (Wildman–Crippen MR) is 66.8 cm³/mol. The molecule has 1 amide bonds. The highest BCUT2D eigenvalue weighted by molar-refractivity contribution is 5.77. The largest absolute Gasteiger partial charge is 0.343 e. The molecule has 0 radical (unpaired) electrons. The number of rotatable bonds is 2. The van der Waals surface area contributed by atoms with Crippen LogP contribution in [0.1, 0.15) is 35.6 Å². The number of hydrogen-bond donors (Lipinski definition) is 1. The number of carbonyl (C=O) groups excluding carboxylic acids is 1. The third-order valence-corrected chi connectivity index (χ3v) is 3.53. The van der Waals surface area contributed by atoms with Crippen LogP contribution >= 0.6 is 0 Å². The Balaban J connectivity index is 2.34. The number of benzene rings is 1. The van der Waals surface area contributed by atoms with Crippen molar-refractivity contribution in [3.05, 3.63) is 45.0 Å². The molecule has 1 aromatic rings. The zero-order valence-corrected chi connectivity index (χ0v) is 10.5. The van der Waals surface area contributed by atoms with Gasteiger partial charge in [0.05, 0.1) is 0 Å². The minimum Gasteiger partial charge on any atom is -0.343 e. The third kappa shape index (κ3) is 2.34. The Kier molecular flexibility index (Phi) is 3.32. The van der Waals surface area contributed by atoms with Crippen LogP contribution in [0.3, 0.4) is 0 Å². The molecule has 1 fully saturated rings. The maximum absolute atomic E-state index is 11.4. The number of aryl methyl sites for hydroxylation is 2. The summed E-state index contributed by atoms with van der Waals surface area (Å²) in [6, 6.07) is 4.46. The van der Waals surface area contributed by atoms with E-state index in [1.807, 2.05) is 32.0 Å². The molecule has 96 valence electrons. The van der Waals surface area contributed by atoms with Crippen LogP contribution in [0.4, 0.5) is 0 Å². The van der Waals surface area contributed by atoms with Crippen LogP contribution in [-0.4, -0.2) is 16.9 Å². The molecule has 0 spiro atoms. The van der Waals surface area contributed by atoms with Crippen molar-refractivity contribution in [3.63, 3.8) is 0 Å². The van der Waals surface area contributed by atoms with Gasteiger partial charge in [0.15, 0.2) is 0 Å². The van der Waals surface area contributed by atoms with Gasteiger partial charge in [0.2, 0.25) is 11.9 Å². The number of nitro groups is 1. The zero-order chi connectivity index (χ0) is 13.3. The molecule has 1 aromatic carbocycles.